The van der Waals surface area contributed by atoms with E-state index in [0.717, 1.165) is 31.6 Å². The van der Waals surface area contributed by atoms with Gasteiger partial charge >= 0.3 is 6.03 Å². The Hall–Kier alpha value is -1.51. The Morgan fingerprint density at radius 2 is 2.00 bits per heavy atom. The van der Waals surface area contributed by atoms with Crippen LogP contribution in [0.4, 0.5) is 10.5 Å². The summed E-state index contributed by atoms with van der Waals surface area (Å²) in [6.45, 7) is 7.72. The molecule has 1 unspecified atom stereocenters. The Balaban J connectivity index is 2.34. The number of rotatable bonds is 2. The molecule has 18 heavy (non-hydrogen) atoms. The molecule has 98 valence electrons. The van der Waals surface area contributed by atoms with Crippen LogP contribution >= 0.6 is 0 Å². The van der Waals surface area contributed by atoms with E-state index in [1.165, 1.54) is 5.56 Å². The molecule has 1 aliphatic heterocycles. The monoisotopic (exact) mass is 246 g/mol. The van der Waals surface area contributed by atoms with Gasteiger partial charge in [-0.05, 0) is 45.2 Å². The van der Waals surface area contributed by atoms with E-state index in [1.807, 2.05) is 29.7 Å². The molecule has 3 nitrogen and oxygen atoms in total. The van der Waals surface area contributed by atoms with Crippen LogP contribution in [0.25, 0.3) is 0 Å². The lowest BCUT2D eigenvalue weighted by atomic mass is 9.97. The standard InChI is InChI=1S/C15H22N2O/c1-4-16(5-2)15(18)17-12(3)10-11-13-8-6-7-9-14(13)17/h6-9,12H,4-5,10-11H2,1-3H3. The second kappa shape index (κ2) is 5.42. The van der Waals surface area contributed by atoms with Crippen molar-refractivity contribution in [1.82, 2.24) is 4.90 Å². The lowest BCUT2D eigenvalue weighted by Crippen LogP contribution is -2.49. The highest BCUT2D eigenvalue weighted by Gasteiger charge is 2.29. The molecule has 1 aromatic rings. The van der Waals surface area contributed by atoms with Gasteiger partial charge in [0.25, 0.3) is 0 Å². The van der Waals surface area contributed by atoms with Crippen molar-refractivity contribution in [3.63, 3.8) is 0 Å². The van der Waals surface area contributed by atoms with Crippen molar-refractivity contribution in [2.75, 3.05) is 18.0 Å². The molecular formula is C15H22N2O. The minimum Gasteiger partial charge on any atom is -0.325 e. The van der Waals surface area contributed by atoms with Crippen molar-refractivity contribution in [2.45, 2.75) is 39.7 Å². The average molecular weight is 246 g/mol. The Kier molecular flexibility index (Phi) is 3.90. The van der Waals surface area contributed by atoms with E-state index in [1.54, 1.807) is 0 Å². The van der Waals surface area contributed by atoms with E-state index >= 15 is 0 Å². The van der Waals surface area contributed by atoms with Crippen LogP contribution in [0.1, 0.15) is 32.8 Å². The number of amides is 2. The summed E-state index contributed by atoms with van der Waals surface area (Å²) in [6, 6.07) is 8.68. The highest BCUT2D eigenvalue weighted by atomic mass is 16.2. The van der Waals surface area contributed by atoms with Crippen LogP contribution < -0.4 is 4.90 Å². The number of aryl methyl sites for hydroxylation is 1. The number of carbonyl (C=O) groups excluding carboxylic acids is 1. The number of anilines is 1. The fourth-order valence-corrected chi connectivity index (χ4v) is 2.63. The zero-order chi connectivity index (χ0) is 13.1. The molecule has 0 fully saturated rings. The van der Waals surface area contributed by atoms with E-state index < -0.39 is 0 Å². The molecule has 1 heterocycles. The molecule has 0 radical (unpaired) electrons. The summed E-state index contributed by atoms with van der Waals surface area (Å²) in [5.74, 6) is 0. The number of fused-ring (bicyclic) bond motifs is 1. The lowest BCUT2D eigenvalue weighted by molar-refractivity contribution is 0.207. The van der Waals surface area contributed by atoms with E-state index in [4.69, 9.17) is 0 Å². The van der Waals surface area contributed by atoms with Crippen molar-refractivity contribution in [1.29, 1.82) is 0 Å². The van der Waals surface area contributed by atoms with Crippen LogP contribution in [0.5, 0.6) is 0 Å². The quantitative estimate of drug-likeness (QED) is 0.785. The molecule has 1 aliphatic rings. The largest absolute Gasteiger partial charge is 0.325 e. The van der Waals surface area contributed by atoms with Gasteiger partial charge in [0.1, 0.15) is 0 Å². The fourth-order valence-electron chi connectivity index (χ4n) is 2.63. The molecule has 0 saturated carbocycles. The Labute approximate surface area is 109 Å². The molecule has 3 heteroatoms. The summed E-state index contributed by atoms with van der Waals surface area (Å²) < 4.78 is 0. The van der Waals surface area contributed by atoms with Crippen molar-refractivity contribution in [2.24, 2.45) is 0 Å². The summed E-state index contributed by atoms with van der Waals surface area (Å²) in [5.41, 5.74) is 2.38. The second-order valence-corrected chi connectivity index (χ2v) is 4.84. The van der Waals surface area contributed by atoms with Crippen LogP contribution in [0.3, 0.4) is 0 Å². The second-order valence-electron chi connectivity index (χ2n) is 4.84. The van der Waals surface area contributed by atoms with Crippen LogP contribution in [0.15, 0.2) is 24.3 Å². The zero-order valence-corrected chi connectivity index (χ0v) is 11.5. The van der Waals surface area contributed by atoms with Gasteiger partial charge in [0, 0.05) is 24.8 Å². The molecule has 0 aliphatic carbocycles. The number of carbonyl (C=O) groups is 1. The summed E-state index contributed by atoms with van der Waals surface area (Å²) in [7, 11) is 0. The first-order valence-corrected chi connectivity index (χ1v) is 6.85. The molecule has 2 rings (SSSR count). The van der Waals surface area contributed by atoms with E-state index in [0.29, 0.717) is 0 Å². The first kappa shape index (κ1) is 12.9. The molecule has 0 bridgehead atoms. The van der Waals surface area contributed by atoms with Crippen LogP contribution in [0, 0.1) is 0 Å². The van der Waals surface area contributed by atoms with Gasteiger partial charge in [-0.3, -0.25) is 4.90 Å². The highest BCUT2D eigenvalue weighted by molar-refractivity contribution is 5.93. The van der Waals surface area contributed by atoms with Gasteiger partial charge in [-0.25, -0.2) is 4.79 Å². The summed E-state index contributed by atoms with van der Waals surface area (Å²) >= 11 is 0. The smallest absolute Gasteiger partial charge is 0.324 e. The van der Waals surface area contributed by atoms with Gasteiger partial charge in [0.2, 0.25) is 0 Å². The van der Waals surface area contributed by atoms with E-state index in [-0.39, 0.29) is 12.1 Å². The van der Waals surface area contributed by atoms with Gasteiger partial charge in [0.05, 0.1) is 0 Å². The highest BCUT2D eigenvalue weighted by Crippen LogP contribution is 2.31. The van der Waals surface area contributed by atoms with Crippen molar-refractivity contribution < 1.29 is 4.79 Å². The van der Waals surface area contributed by atoms with Crippen LogP contribution in [-0.2, 0) is 6.42 Å². The number of para-hydroxylation sites is 1. The third-order valence-corrected chi connectivity index (χ3v) is 3.76. The van der Waals surface area contributed by atoms with Gasteiger partial charge < -0.3 is 4.90 Å². The fraction of sp³-hybridized carbons (Fsp3) is 0.533. The summed E-state index contributed by atoms with van der Waals surface area (Å²) in [5, 5.41) is 0. The summed E-state index contributed by atoms with van der Waals surface area (Å²) in [4.78, 5) is 16.4. The summed E-state index contributed by atoms with van der Waals surface area (Å²) in [6.07, 6.45) is 2.11. The zero-order valence-electron chi connectivity index (χ0n) is 11.5. The first-order valence-electron chi connectivity index (χ1n) is 6.85. The predicted octanol–water partition coefficient (Wildman–Crippen LogP) is 3.29. The molecule has 2 amide bonds. The number of hydrogen-bond donors (Lipinski definition) is 0. The molecule has 0 spiro atoms. The maximum atomic E-state index is 12.6. The van der Waals surface area contributed by atoms with Gasteiger partial charge in [-0.15, -0.1) is 0 Å². The third kappa shape index (κ3) is 2.22. The minimum absolute atomic E-state index is 0.139. The Morgan fingerprint density at radius 1 is 1.33 bits per heavy atom. The number of benzene rings is 1. The molecular weight excluding hydrogens is 224 g/mol. The van der Waals surface area contributed by atoms with Crippen LogP contribution in [-0.4, -0.2) is 30.1 Å². The third-order valence-electron chi connectivity index (χ3n) is 3.76. The predicted molar refractivity (Wildman–Crippen MR) is 75.0 cm³/mol. The first-order chi connectivity index (χ1) is 8.69. The van der Waals surface area contributed by atoms with Gasteiger partial charge in [0.15, 0.2) is 0 Å². The number of urea groups is 1. The molecule has 0 aromatic heterocycles. The van der Waals surface area contributed by atoms with Crippen molar-refractivity contribution in [3.8, 4) is 0 Å². The minimum atomic E-state index is 0.139. The van der Waals surface area contributed by atoms with Crippen molar-refractivity contribution in [3.05, 3.63) is 29.8 Å². The molecule has 1 atom stereocenters. The maximum absolute atomic E-state index is 12.6. The average Bonchev–Trinajstić information content (AvgIpc) is 2.39. The van der Waals surface area contributed by atoms with Crippen molar-refractivity contribution >= 4 is 11.7 Å². The number of hydrogen-bond acceptors (Lipinski definition) is 1. The maximum Gasteiger partial charge on any atom is 0.324 e. The van der Waals surface area contributed by atoms with Crippen LogP contribution in [0.2, 0.25) is 0 Å². The molecule has 0 saturated heterocycles. The van der Waals surface area contributed by atoms with E-state index in [9.17, 15) is 4.79 Å². The van der Waals surface area contributed by atoms with Gasteiger partial charge in [-0.2, -0.15) is 0 Å². The Morgan fingerprint density at radius 3 is 2.67 bits per heavy atom. The number of nitrogens with zero attached hydrogens (tertiary/aromatic N) is 2. The molecule has 0 N–H and O–H groups in total. The van der Waals surface area contributed by atoms with Gasteiger partial charge in [-0.1, -0.05) is 18.2 Å². The van der Waals surface area contributed by atoms with E-state index in [2.05, 4.69) is 25.1 Å². The normalized spacial score (nSPS) is 18.4. The Bertz CT molecular complexity index is 426. The lowest BCUT2D eigenvalue weighted by Gasteiger charge is -2.38. The SMILES string of the molecule is CCN(CC)C(=O)N1c2ccccc2CCC1C. The topological polar surface area (TPSA) is 23.6 Å². The molecule has 1 aromatic carbocycles.